The normalized spacial score (nSPS) is 19.8. The summed E-state index contributed by atoms with van der Waals surface area (Å²) in [4.78, 5) is 50.0. The first-order chi connectivity index (χ1) is 11.8. The van der Waals surface area contributed by atoms with Crippen molar-refractivity contribution >= 4 is 23.5 Å². The van der Waals surface area contributed by atoms with Gasteiger partial charge in [-0.05, 0) is 24.5 Å². The number of hydrogen-bond acceptors (Lipinski definition) is 5. The molecule has 25 heavy (non-hydrogen) atoms. The van der Waals surface area contributed by atoms with E-state index in [9.17, 15) is 19.2 Å². The van der Waals surface area contributed by atoms with Gasteiger partial charge < -0.3 is 20.0 Å². The molecule has 0 radical (unpaired) electrons. The number of nitrogens with one attached hydrogen (secondary N) is 2. The summed E-state index contributed by atoms with van der Waals surface area (Å²) in [6, 6.07) is 1.73. The van der Waals surface area contributed by atoms with Gasteiger partial charge in [0.15, 0.2) is 5.76 Å². The van der Waals surface area contributed by atoms with E-state index in [1.807, 2.05) is 13.8 Å². The second-order valence-corrected chi connectivity index (χ2v) is 6.49. The fourth-order valence-electron chi connectivity index (χ4n) is 2.88. The van der Waals surface area contributed by atoms with E-state index in [0.29, 0.717) is 6.42 Å². The number of Topliss-reactive ketones (excluding diaryl/α,β-unsaturated/α-hetero) is 1. The molecule has 0 saturated carbocycles. The Labute approximate surface area is 145 Å². The zero-order chi connectivity index (χ0) is 18.6. The van der Waals surface area contributed by atoms with E-state index in [0.717, 1.165) is 0 Å². The molecule has 0 unspecified atom stereocenters. The highest BCUT2D eigenvalue weighted by atomic mass is 16.3. The van der Waals surface area contributed by atoms with Gasteiger partial charge in [-0.2, -0.15) is 0 Å². The van der Waals surface area contributed by atoms with Gasteiger partial charge in [0, 0.05) is 26.1 Å². The first kappa shape index (κ1) is 18.7. The van der Waals surface area contributed by atoms with E-state index in [4.69, 9.17) is 4.42 Å². The highest BCUT2D eigenvalue weighted by Crippen LogP contribution is 2.20. The van der Waals surface area contributed by atoms with Crippen molar-refractivity contribution in [2.75, 3.05) is 13.6 Å². The number of hydrogen-bond donors (Lipinski definition) is 2. The third-order valence-corrected chi connectivity index (χ3v) is 4.01. The number of likely N-dealkylation sites (N-methyl/N-ethyl adjacent to an activating group) is 1. The molecule has 1 fully saturated rings. The Morgan fingerprint density at radius 3 is 2.60 bits per heavy atom. The summed E-state index contributed by atoms with van der Waals surface area (Å²) in [6.07, 6.45) is 1.93. The van der Waals surface area contributed by atoms with Crippen molar-refractivity contribution in [3.05, 3.63) is 24.2 Å². The maximum absolute atomic E-state index is 12.5. The summed E-state index contributed by atoms with van der Waals surface area (Å²) < 4.78 is 4.97. The zero-order valence-corrected chi connectivity index (χ0v) is 14.6. The maximum atomic E-state index is 12.5. The van der Waals surface area contributed by atoms with Gasteiger partial charge in [0.1, 0.15) is 6.04 Å². The molecule has 0 aromatic carbocycles. The Balaban J connectivity index is 2.11. The van der Waals surface area contributed by atoms with Crippen molar-refractivity contribution in [2.24, 2.45) is 5.92 Å². The van der Waals surface area contributed by atoms with Crippen LogP contribution in [-0.2, 0) is 14.4 Å². The van der Waals surface area contributed by atoms with E-state index in [-0.39, 0.29) is 42.5 Å². The molecule has 8 heteroatoms. The predicted molar refractivity (Wildman–Crippen MR) is 88.6 cm³/mol. The first-order valence-corrected chi connectivity index (χ1v) is 8.23. The van der Waals surface area contributed by atoms with Crippen LogP contribution < -0.4 is 10.6 Å². The van der Waals surface area contributed by atoms with Gasteiger partial charge in [-0.15, -0.1) is 0 Å². The fraction of sp³-hybridized carbons (Fsp3) is 0.529. The minimum Gasteiger partial charge on any atom is -0.461 e. The summed E-state index contributed by atoms with van der Waals surface area (Å²) >= 11 is 0. The van der Waals surface area contributed by atoms with Crippen molar-refractivity contribution in [3.8, 4) is 0 Å². The summed E-state index contributed by atoms with van der Waals surface area (Å²) in [6.45, 7) is 3.96. The molecule has 1 aromatic heterocycles. The minimum atomic E-state index is -0.816. The smallest absolute Gasteiger partial charge is 0.299 e. The summed E-state index contributed by atoms with van der Waals surface area (Å²) in [7, 11) is 1.46. The lowest BCUT2D eigenvalue weighted by atomic mass is 10.1. The summed E-state index contributed by atoms with van der Waals surface area (Å²) in [5.41, 5.74) is 0. The van der Waals surface area contributed by atoms with Crippen molar-refractivity contribution in [2.45, 2.75) is 38.8 Å². The highest BCUT2D eigenvalue weighted by molar-refractivity contribution is 6.42. The molecule has 3 amide bonds. The number of likely N-dealkylation sites (tertiary alicyclic amines) is 1. The average Bonchev–Trinajstić information content (AvgIpc) is 3.21. The zero-order valence-electron chi connectivity index (χ0n) is 14.6. The quantitative estimate of drug-likeness (QED) is 0.569. The second-order valence-electron chi connectivity index (χ2n) is 6.49. The van der Waals surface area contributed by atoms with Gasteiger partial charge in [0.05, 0.1) is 6.26 Å². The second kappa shape index (κ2) is 7.96. The van der Waals surface area contributed by atoms with Crippen LogP contribution in [0.25, 0.3) is 0 Å². The summed E-state index contributed by atoms with van der Waals surface area (Å²) in [5, 5.41) is 5.32. The van der Waals surface area contributed by atoms with Crippen molar-refractivity contribution in [1.29, 1.82) is 0 Å². The largest absolute Gasteiger partial charge is 0.461 e. The molecular formula is C17H23N3O5. The highest BCUT2D eigenvalue weighted by Gasteiger charge is 2.42. The Bertz CT molecular complexity index is 653. The molecule has 1 saturated heterocycles. The number of carbonyl (C=O) groups excluding carboxylic acids is 4. The molecule has 1 aliphatic heterocycles. The molecule has 2 heterocycles. The molecule has 1 aromatic rings. The molecule has 2 atom stereocenters. The van der Waals surface area contributed by atoms with E-state index in [1.165, 1.54) is 30.3 Å². The van der Waals surface area contributed by atoms with Gasteiger partial charge in [0.25, 0.3) is 11.7 Å². The number of furan rings is 1. The number of amides is 3. The molecule has 8 nitrogen and oxygen atoms in total. The Morgan fingerprint density at radius 2 is 2.04 bits per heavy atom. The first-order valence-electron chi connectivity index (χ1n) is 8.23. The Morgan fingerprint density at radius 1 is 1.32 bits per heavy atom. The molecule has 2 N–H and O–H groups in total. The molecule has 0 spiro atoms. The average molecular weight is 349 g/mol. The number of rotatable bonds is 6. The van der Waals surface area contributed by atoms with Crippen LogP contribution in [0.4, 0.5) is 0 Å². The lowest BCUT2D eigenvalue weighted by molar-refractivity contribution is -0.135. The van der Waals surface area contributed by atoms with Gasteiger partial charge in [-0.1, -0.05) is 13.8 Å². The Hall–Kier alpha value is -2.64. The monoisotopic (exact) mass is 349 g/mol. The van der Waals surface area contributed by atoms with Crippen molar-refractivity contribution < 1.29 is 23.6 Å². The van der Waals surface area contributed by atoms with Crippen LogP contribution in [0.3, 0.4) is 0 Å². The van der Waals surface area contributed by atoms with Crippen LogP contribution in [0.15, 0.2) is 22.8 Å². The maximum Gasteiger partial charge on any atom is 0.299 e. The minimum absolute atomic E-state index is 0.0760. The van der Waals surface area contributed by atoms with Crippen LogP contribution in [0.5, 0.6) is 0 Å². The van der Waals surface area contributed by atoms with E-state index >= 15 is 0 Å². The van der Waals surface area contributed by atoms with E-state index in [1.54, 1.807) is 0 Å². The predicted octanol–water partition coefficient (Wildman–Crippen LogP) is 0.340. The fourth-order valence-corrected chi connectivity index (χ4v) is 2.88. The van der Waals surface area contributed by atoms with Crippen LogP contribution in [0.1, 0.15) is 37.2 Å². The van der Waals surface area contributed by atoms with E-state index < -0.39 is 17.7 Å². The number of nitrogens with zero attached hydrogens (tertiary/aromatic N) is 1. The molecule has 136 valence electrons. The lowest BCUT2D eigenvalue weighted by Gasteiger charge is -2.21. The molecule has 1 aliphatic rings. The molecular weight excluding hydrogens is 326 g/mol. The molecule has 0 bridgehead atoms. The van der Waals surface area contributed by atoms with Crippen LogP contribution >= 0.6 is 0 Å². The Kier molecular flexibility index (Phi) is 5.95. The third-order valence-electron chi connectivity index (χ3n) is 4.01. The standard InChI is InChI=1S/C17H23N3O5/c1-10(2)7-14(21)19-11-8-12(16(23)18-3)20(9-11)17(24)15(22)13-5-4-6-25-13/h4-6,10-12H,7-9H2,1-3H3,(H,18,23)(H,19,21)/t11-,12+/m1/s1. The lowest BCUT2D eigenvalue weighted by Crippen LogP contribution is -2.47. The van der Waals surface area contributed by atoms with Crippen LogP contribution in [-0.4, -0.2) is 54.1 Å². The third kappa shape index (κ3) is 4.46. The summed E-state index contributed by atoms with van der Waals surface area (Å²) in [5.74, 6) is -2.01. The van der Waals surface area contributed by atoms with Crippen molar-refractivity contribution in [1.82, 2.24) is 15.5 Å². The van der Waals surface area contributed by atoms with Gasteiger partial charge in [0.2, 0.25) is 11.8 Å². The topological polar surface area (TPSA) is 109 Å². The van der Waals surface area contributed by atoms with E-state index in [2.05, 4.69) is 10.6 Å². The van der Waals surface area contributed by atoms with Gasteiger partial charge >= 0.3 is 0 Å². The SMILES string of the molecule is CNC(=O)[C@@H]1C[C@@H](NC(=O)CC(C)C)CN1C(=O)C(=O)c1ccco1. The van der Waals surface area contributed by atoms with Crippen LogP contribution in [0, 0.1) is 5.92 Å². The van der Waals surface area contributed by atoms with Gasteiger partial charge in [-0.3, -0.25) is 19.2 Å². The molecule has 2 rings (SSSR count). The number of ketones is 1. The molecule has 0 aliphatic carbocycles. The number of carbonyl (C=O) groups is 4. The van der Waals surface area contributed by atoms with Crippen LogP contribution in [0.2, 0.25) is 0 Å². The van der Waals surface area contributed by atoms with Crippen molar-refractivity contribution in [3.63, 3.8) is 0 Å². The van der Waals surface area contributed by atoms with Gasteiger partial charge in [-0.25, -0.2) is 0 Å².